The number of carbonyl (C=O) groups is 1. The highest BCUT2D eigenvalue weighted by Gasteiger charge is 2.21. The lowest BCUT2D eigenvalue weighted by Gasteiger charge is -2.20. The van der Waals surface area contributed by atoms with Gasteiger partial charge in [-0.25, -0.2) is 0 Å². The first-order chi connectivity index (χ1) is 5.97. The van der Waals surface area contributed by atoms with Gasteiger partial charge in [-0.15, -0.1) is 0 Å². The quantitative estimate of drug-likeness (QED) is 0.681. The van der Waals surface area contributed by atoms with Gasteiger partial charge in [-0.3, -0.25) is 4.79 Å². The maximum absolute atomic E-state index is 11.3. The van der Waals surface area contributed by atoms with Crippen molar-refractivity contribution in [2.45, 2.75) is 39.2 Å². The molecule has 1 amide bonds. The summed E-state index contributed by atoms with van der Waals surface area (Å²) in [4.78, 5) is 11.3. The molecule has 0 aromatic carbocycles. The summed E-state index contributed by atoms with van der Waals surface area (Å²) in [5.74, 6) is 0.926. The summed E-state index contributed by atoms with van der Waals surface area (Å²) in [6.07, 6.45) is 2.65. The first kappa shape index (κ1) is 10.5. The van der Waals surface area contributed by atoms with Crippen LogP contribution in [-0.4, -0.2) is 24.5 Å². The van der Waals surface area contributed by atoms with Gasteiger partial charge in [0, 0.05) is 5.54 Å². The second-order valence-electron chi connectivity index (χ2n) is 4.87. The highest BCUT2D eigenvalue weighted by Crippen LogP contribution is 2.27. The Labute approximate surface area is 80.3 Å². The van der Waals surface area contributed by atoms with Crippen molar-refractivity contribution < 1.29 is 4.79 Å². The molecule has 0 spiro atoms. The Morgan fingerprint density at radius 1 is 1.38 bits per heavy atom. The zero-order valence-electron chi connectivity index (χ0n) is 8.81. The van der Waals surface area contributed by atoms with Crippen LogP contribution in [0.2, 0.25) is 0 Å². The number of hydrogen-bond acceptors (Lipinski definition) is 2. The minimum atomic E-state index is -0.113. The van der Waals surface area contributed by atoms with E-state index in [0.717, 1.165) is 12.5 Å². The third-order valence-electron chi connectivity index (χ3n) is 1.93. The Balaban J connectivity index is 2.02. The molecule has 3 nitrogen and oxygen atoms in total. The number of amides is 1. The molecule has 0 aromatic rings. The topological polar surface area (TPSA) is 41.1 Å². The molecular weight excluding hydrogens is 164 g/mol. The Morgan fingerprint density at radius 2 is 2.00 bits per heavy atom. The minimum Gasteiger partial charge on any atom is -0.350 e. The van der Waals surface area contributed by atoms with Crippen LogP contribution in [0.1, 0.15) is 33.6 Å². The van der Waals surface area contributed by atoms with Gasteiger partial charge in [-0.1, -0.05) is 0 Å². The van der Waals surface area contributed by atoms with Gasteiger partial charge < -0.3 is 10.6 Å². The second kappa shape index (κ2) is 4.09. The Kier molecular flexibility index (Phi) is 3.31. The molecule has 0 radical (unpaired) electrons. The number of hydrogen-bond donors (Lipinski definition) is 2. The van der Waals surface area contributed by atoms with E-state index in [1.807, 2.05) is 20.8 Å². The van der Waals surface area contributed by atoms with Crippen molar-refractivity contribution in [3.63, 3.8) is 0 Å². The molecule has 0 saturated heterocycles. The average molecular weight is 184 g/mol. The van der Waals surface area contributed by atoms with E-state index in [2.05, 4.69) is 10.6 Å². The third-order valence-corrected chi connectivity index (χ3v) is 1.93. The van der Waals surface area contributed by atoms with Crippen LogP contribution in [0, 0.1) is 5.92 Å². The Bertz CT molecular complexity index is 180. The molecule has 1 fully saturated rings. The number of rotatable bonds is 4. The first-order valence-electron chi connectivity index (χ1n) is 4.99. The minimum absolute atomic E-state index is 0.0909. The van der Waals surface area contributed by atoms with E-state index in [4.69, 9.17) is 0 Å². The lowest BCUT2D eigenvalue weighted by Crippen LogP contribution is -2.45. The molecule has 0 unspecified atom stereocenters. The molecule has 0 aromatic heterocycles. The summed E-state index contributed by atoms with van der Waals surface area (Å²) in [5.41, 5.74) is -0.113. The van der Waals surface area contributed by atoms with Crippen LogP contribution in [-0.2, 0) is 4.79 Å². The molecule has 0 heterocycles. The highest BCUT2D eigenvalue weighted by molar-refractivity contribution is 5.78. The monoisotopic (exact) mass is 184 g/mol. The van der Waals surface area contributed by atoms with Crippen LogP contribution < -0.4 is 10.6 Å². The fraction of sp³-hybridized carbons (Fsp3) is 0.900. The predicted octanol–water partition coefficient (Wildman–Crippen LogP) is 0.901. The van der Waals surface area contributed by atoms with E-state index in [1.54, 1.807) is 0 Å². The molecule has 2 N–H and O–H groups in total. The summed E-state index contributed by atoms with van der Waals surface area (Å²) in [5, 5.41) is 6.07. The van der Waals surface area contributed by atoms with Gasteiger partial charge >= 0.3 is 0 Å². The van der Waals surface area contributed by atoms with Gasteiger partial charge in [0.1, 0.15) is 0 Å². The lowest BCUT2D eigenvalue weighted by molar-refractivity contribution is -0.121. The van der Waals surface area contributed by atoms with Crippen LogP contribution >= 0.6 is 0 Å². The standard InChI is InChI=1S/C10H20N2O/c1-10(2,3)12-9(13)7-11-6-8-4-5-8/h8,11H,4-7H2,1-3H3,(H,12,13). The van der Waals surface area contributed by atoms with Crippen molar-refractivity contribution in [1.82, 2.24) is 10.6 Å². The summed E-state index contributed by atoms with van der Waals surface area (Å²) >= 11 is 0. The molecule has 76 valence electrons. The van der Waals surface area contributed by atoms with Crippen molar-refractivity contribution in [2.24, 2.45) is 5.92 Å². The van der Waals surface area contributed by atoms with Gasteiger partial charge in [0.05, 0.1) is 6.54 Å². The smallest absolute Gasteiger partial charge is 0.234 e. The molecule has 0 bridgehead atoms. The van der Waals surface area contributed by atoms with E-state index >= 15 is 0 Å². The summed E-state index contributed by atoms with van der Waals surface area (Å²) in [7, 11) is 0. The fourth-order valence-electron chi connectivity index (χ4n) is 1.17. The number of nitrogens with one attached hydrogen (secondary N) is 2. The van der Waals surface area contributed by atoms with E-state index in [1.165, 1.54) is 12.8 Å². The summed E-state index contributed by atoms with van der Waals surface area (Å²) in [6.45, 7) is 7.43. The van der Waals surface area contributed by atoms with Gasteiger partial charge in [0.15, 0.2) is 0 Å². The summed E-state index contributed by atoms with van der Waals surface area (Å²) < 4.78 is 0. The van der Waals surface area contributed by atoms with Crippen molar-refractivity contribution in [2.75, 3.05) is 13.1 Å². The van der Waals surface area contributed by atoms with Crippen molar-refractivity contribution in [1.29, 1.82) is 0 Å². The van der Waals surface area contributed by atoms with Crippen LogP contribution in [0.15, 0.2) is 0 Å². The van der Waals surface area contributed by atoms with Crippen molar-refractivity contribution in [3.05, 3.63) is 0 Å². The summed E-state index contributed by atoms with van der Waals surface area (Å²) in [6, 6.07) is 0. The lowest BCUT2D eigenvalue weighted by atomic mass is 10.1. The van der Waals surface area contributed by atoms with Gasteiger partial charge in [0.2, 0.25) is 5.91 Å². The molecule has 1 saturated carbocycles. The molecule has 1 aliphatic carbocycles. The number of carbonyl (C=O) groups excluding carboxylic acids is 1. The zero-order valence-corrected chi connectivity index (χ0v) is 8.81. The van der Waals surface area contributed by atoms with Crippen molar-refractivity contribution >= 4 is 5.91 Å². The Hall–Kier alpha value is -0.570. The van der Waals surface area contributed by atoms with Crippen LogP contribution in [0.25, 0.3) is 0 Å². The maximum Gasteiger partial charge on any atom is 0.234 e. The Morgan fingerprint density at radius 3 is 2.46 bits per heavy atom. The third kappa shape index (κ3) is 5.64. The van der Waals surface area contributed by atoms with Crippen LogP contribution in [0.3, 0.4) is 0 Å². The molecule has 0 atom stereocenters. The van der Waals surface area contributed by atoms with E-state index < -0.39 is 0 Å². The van der Waals surface area contributed by atoms with E-state index in [0.29, 0.717) is 6.54 Å². The van der Waals surface area contributed by atoms with E-state index in [-0.39, 0.29) is 11.4 Å². The molecule has 3 heteroatoms. The zero-order chi connectivity index (χ0) is 9.90. The molecule has 0 aliphatic heterocycles. The fourth-order valence-corrected chi connectivity index (χ4v) is 1.17. The largest absolute Gasteiger partial charge is 0.350 e. The SMILES string of the molecule is CC(C)(C)NC(=O)CNCC1CC1. The van der Waals surface area contributed by atoms with E-state index in [9.17, 15) is 4.79 Å². The van der Waals surface area contributed by atoms with Crippen LogP contribution in [0.5, 0.6) is 0 Å². The molecule has 1 rings (SSSR count). The van der Waals surface area contributed by atoms with Gasteiger partial charge in [-0.2, -0.15) is 0 Å². The normalized spacial score (nSPS) is 17.2. The second-order valence-corrected chi connectivity index (χ2v) is 4.87. The highest BCUT2D eigenvalue weighted by atomic mass is 16.2. The van der Waals surface area contributed by atoms with Crippen molar-refractivity contribution in [3.8, 4) is 0 Å². The predicted molar refractivity (Wildman–Crippen MR) is 53.5 cm³/mol. The van der Waals surface area contributed by atoms with Crippen LogP contribution in [0.4, 0.5) is 0 Å². The molecule has 13 heavy (non-hydrogen) atoms. The average Bonchev–Trinajstić information content (AvgIpc) is 2.66. The van der Waals surface area contributed by atoms with Gasteiger partial charge in [-0.05, 0) is 46.1 Å². The molecule has 1 aliphatic rings. The van der Waals surface area contributed by atoms with Gasteiger partial charge in [0.25, 0.3) is 0 Å². The maximum atomic E-state index is 11.3. The first-order valence-corrected chi connectivity index (χ1v) is 4.99. The molecular formula is C10H20N2O.